The molecule has 2 amide bonds. The zero-order chi connectivity index (χ0) is 14.1. The van der Waals surface area contributed by atoms with Gasteiger partial charge in [0.05, 0.1) is 19.2 Å². The van der Waals surface area contributed by atoms with Gasteiger partial charge < -0.3 is 20.7 Å². The quantitative estimate of drug-likeness (QED) is 0.553. The topological polar surface area (TPSA) is 79.5 Å². The molecule has 0 aromatic carbocycles. The van der Waals surface area contributed by atoms with Crippen molar-refractivity contribution in [2.24, 2.45) is 5.92 Å². The van der Waals surface area contributed by atoms with Crippen LogP contribution in [0.15, 0.2) is 0 Å². The Bertz CT molecular complexity index is 297. The van der Waals surface area contributed by atoms with Crippen LogP contribution in [0.4, 0.5) is 0 Å². The van der Waals surface area contributed by atoms with E-state index in [1.807, 2.05) is 0 Å². The Morgan fingerprint density at radius 1 is 1.37 bits per heavy atom. The molecule has 2 atom stereocenters. The lowest BCUT2D eigenvalue weighted by Gasteiger charge is -2.28. The van der Waals surface area contributed by atoms with Gasteiger partial charge in [-0.15, -0.1) is 0 Å². The van der Waals surface area contributed by atoms with Gasteiger partial charge in [0.1, 0.15) is 0 Å². The molecule has 1 aliphatic rings. The third-order valence-electron chi connectivity index (χ3n) is 3.46. The van der Waals surface area contributed by atoms with Crippen LogP contribution in [-0.2, 0) is 14.3 Å². The van der Waals surface area contributed by atoms with Crippen molar-refractivity contribution in [1.29, 1.82) is 0 Å². The van der Waals surface area contributed by atoms with E-state index in [1.165, 1.54) is 0 Å². The minimum absolute atomic E-state index is 0.0253. The summed E-state index contributed by atoms with van der Waals surface area (Å²) >= 11 is 0. The van der Waals surface area contributed by atoms with Gasteiger partial charge in [-0.3, -0.25) is 9.59 Å². The summed E-state index contributed by atoms with van der Waals surface area (Å²) in [5, 5.41) is 8.53. The highest BCUT2D eigenvalue weighted by Crippen LogP contribution is 2.19. The summed E-state index contributed by atoms with van der Waals surface area (Å²) in [6.07, 6.45) is 3.08. The van der Waals surface area contributed by atoms with E-state index in [2.05, 4.69) is 22.9 Å². The number of rotatable bonds is 7. The van der Waals surface area contributed by atoms with E-state index < -0.39 is 0 Å². The van der Waals surface area contributed by atoms with Gasteiger partial charge in [0, 0.05) is 13.7 Å². The Kier molecular flexibility index (Phi) is 7.43. The molecule has 0 saturated carbocycles. The lowest BCUT2D eigenvalue weighted by atomic mass is 9.90. The monoisotopic (exact) mass is 271 g/mol. The van der Waals surface area contributed by atoms with Crippen molar-refractivity contribution in [2.75, 3.05) is 33.4 Å². The molecule has 0 aromatic rings. The van der Waals surface area contributed by atoms with E-state index >= 15 is 0 Å². The van der Waals surface area contributed by atoms with Gasteiger partial charge in [0.15, 0.2) is 0 Å². The summed E-state index contributed by atoms with van der Waals surface area (Å²) in [6, 6.07) is -0.162. The largest absolute Gasteiger partial charge is 0.383 e. The van der Waals surface area contributed by atoms with Crippen molar-refractivity contribution < 1.29 is 14.3 Å². The smallest absolute Gasteiger partial charge is 0.239 e. The number of ether oxygens (including phenoxy) is 1. The number of carbonyl (C=O) groups excluding carboxylic acids is 2. The van der Waals surface area contributed by atoms with Crippen molar-refractivity contribution in [3.05, 3.63) is 0 Å². The Hall–Kier alpha value is -1.14. The maximum Gasteiger partial charge on any atom is 0.239 e. The molecule has 3 N–H and O–H groups in total. The molecule has 6 heteroatoms. The van der Waals surface area contributed by atoms with E-state index in [4.69, 9.17) is 4.74 Å². The fraction of sp³-hybridized carbons (Fsp3) is 0.846. The van der Waals surface area contributed by atoms with Crippen molar-refractivity contribution >= 4 is 11.8 Å². The summed E-state index contributed by atoms with van der Waals surface area (Å²) in [5.41, 5.74) is 0. The van der Waals surface area contributed by atoms with Crippen LogP contribution in [0.3, 0.4) is 0 Å². The number of nitrogens with one attached hydrogen (secondary N) is 3. The highest BCUT2D eigenvalue weighted by molar-refractivity contribution is 5.87. The maximum atomic E-state index is 11.9. The highest BCUT2D eigenvalue weighted by Gasteiger charge is 2.25. The first kappa shape index (κ1) is 15.9. The summed E-state index contributed by atoms with van der Waals surface area (Å²) in [5.74, 6) is 0.334. The molecule has 2 unspecified atom stereocenters. The number of hydrogen-bond acceptors (Lipinski definition) is 4. The summed E-state index contributed by atoms with van der Waals surface area (Å²) in [6.45, 7) is 3.98. The van der Waals surface area contributed by atoms with Crippen molar-refractivity contribution in [3.63, 3.8) is 0 Å². The molecule has 0 radical (unpaired) electrons. The van der Waals surface area contributed by atoms with Gasteiger partial charge in [-0.2, -0.15) is 0 Å². The second kappa shape index (κ2) is 8.87. The van der Waals surface area contributed by atoms with Gasteiger partial charge in [-0.1, -0.05) is 13.3 Å². The number of piperidine rings is 1. The summed E-state index contributed by atoms with van der Waals surface area (Å²) in [7, 11) is 1.58. The molecule has 1 heterocycles. The first-order chi connectivity index (χ1) is 9.17. The van der Waals surface area contributed by atoms with Crippen molar-refractivity contribution in [2.45, 2.75) is 32.2 Å². The minimum atomic E-state index is -0.187. The molecule has 0 bridgehead atoms. The maximum absolute atomic E-state index is 11.9. The van der Waals surface area contributed by atoms with E-state index in [1.54, 1.807) is 7.11 Å². The zero-order valence-electron chi connectivity index (χ0n) is 11.8. The average Bonchev–Trinajstić information content (AvgIpc) is 2.45. The average molecular weight is 271 g/mol. The second-order valence-corrected chi connectivity index (χ2v) is 4.87. The first-order valence-corrected chi connectivity index (χ1v) is 6.94. The zero-order valence-corrected chi connectivity index (χ0v) is 11.8. The standard InChI is InChI=1S/C13H25N3O3/c1-3-10-4-5-14-11(8-10)13(18)16-9-12(17)15-6-7-19-2/h10-11,14H,3-9H2,1-2H3,(H,15,17)(H,16,18). The van der Waals surface area contributed by atoms with Crippen LogP contribution < -0.4 is 16.0 Å². The molecule has 0 spiro atoms. The fourth-order valence-electron chi connectivity index (χ4n) is 2.21. The Labute approximate surface area is 114 Å². The number of methoxy groups -OCH3 is 1. The lowest BCUT2D eigenvalue weighted by molar-refractivity contribution is -0.128. The third kappa shape index (κ3) is 6.02. The molecule has 110 valence electrons. The SMILES string of the molecule is CCC1CCNC(C(=O)NCC(=O)NCCOC)C1. The van der Waals surface area contributed by atoms with Gasteiger partial charge in [-0.05, 0) is 25.3 Å². The van der Waals surface area contributed by atoms with E-state index in [9.17, 15) is 9.59 Å². The van der Waals surface area contributed by atoms with Crippen LogP contribution >= 0.6 is 0 Å². The van der Waals surface area contributed by atoms with Gasteiger partial charge in [-0.25, -0.2) is 0 Å². The van der Waals surface area contributed by atoms with Crippen LogP contribution in [-0.4, -0.2) is 51.2 Å². The van der Waals surface area contributed by atoms with E-state index in [-0.39, 0.29) is 24.4 Å². The molecule has 1 fully saturated rings. The predicted molar refractivity (Wildman–Crippen MR) is 72.7 cm³/mol. The molecular weight excluding hydrogens is 246 g/mol. The Morgan fingerprint density at radius 3 is 2.84 bits per heavy atom. The normalized spacial score (nSPS) is 22.8. The predicted octanol–water partition coefficient (Wildman–Crippen LogP) is -0.357. The van der Waals surface area contributed by atoms with Crippen LogP contribution in [0.25, 0.3) is 0 Å². The number of amides is 2. The van der Waals surface area contributed by atoms with Crippen LogP contribution in [0.1, 0.15) is 26.2 Å². The van der Waals surface area contributed by atoms with Crippen molar-refractivity contribution in [3.8, 4) is 0 Å². The van der Waals surface area contributed by atoms with Crippen LogP contribution in [0.5, 0.6) is 0 Å². The molecule has 1 saturated heterocycles. The summed E-state index contributed by atoms with van der Waals surface area (Å²) in [4.78, 5) is 23.3. The summed E-state index contributed by atoms with van der Waals surface area (Å²) < 4.78 is 4.83. The number of carbonyl (C=O) groups is 2. The number of hydrogen-bond donors (Lipinski definition) is 3. The van der Waals surface area contributed by atoms with E-state index in [0.717, 1.165) is 25.8 Å². The van der Waals surface area contributed by atoms with Gasteiger partial charge in [0.2, 0.25) is 11.8 Å². The van der Waals surface area contributed by atoms with E-state index in [0.29, 0.717) is 19.1 Å². The molecule has 6 nitrogen and oxygen atoms in total. The molecule has 19 heavy (non-hydrogen) atoms. The molecule has 0 aromatic heterocycles. The van der Waals surface area contributed by atoms with Crippen LogP contribution in [0.2, 0.25) is 0 Å². The molecular formula is C13H25N3O3. The first-order valence-electron chi connectivity index (χ1n) is 6.94. The fourth-order valence-corrected chi connectivity index (χ4v) is 2.21. The Balaban J connectivity index is 2.21. The van der Waals surface area contributed by atoms with Gasteiger partial charge in [0.25, 0.3) is 0 Å². The lowest BCUT2D eigenvalue weighted by Crippen LogP contribution is -2.50. The Morgan fingerprint density at radius 2 is 2.16 bits per heavy atom. The molecule has 1 rings (SSSR count). The highest BCUT2D eigenvalue weighted by atomic mass is 16.5. The third-order valence-corrected chi connectivity index (χ3v) is 3.46. The molecule has 0 aliphatic carbocycles. The minimum Gasteiger partial charge on any atom is -0.383 e. The van der Waals surface area contributed by atoms with Crippen molar-refractivity contribution in [1.82, 2.24) is 16.0 Å². The second-order valence-electron chi connectivity index (χ2n) is 4.87. The molecule has 1 aliphatic heterocycles. The van der Waals surface area contributed by atoms with Gasteiger partial charge >= 0.3 is 0 Å². The van der Waals surface area contributed by atoms with Crippen LogP contribution in [0, 0.1) is 5.92 Å².